The summed E-state index contributed by atoms with van der Waals surface area (Å²) < 4.78 is 206. The third-order valence-electron chi connectivity index (χ3n) is 17.5. The fraction of sp³-hybridized carbons (Fsp3) is 0.205. The Morgan fingerprint density at radius 3 is 1.08 bits per heavy atom. The molecule has 2 aliphatic rings. The average molecular weight is 1580 g/mol. The Balaban J connectivity index is 0.000000396. The topological polar surface area (TPSA) is 355 Å². The minimum atomic E-state index is -5.03. The molecule has 0 heterocycles. The van der Waals surface area contributed by atoms with Crippen LogP contribution in [-0.4, -0.2) is 82.0 Å². The van der Waals surface area contributed by atoms with E-state index in [0.29, 0.717) is 27.8 Å². The Bertz CT molecular complexity index is 5370. The van der Waals surface area contributed by atoms with Crippen LogP contribution in [0.4, 0.5) is 0 Å². The van der Waals surface area contributed by atoms with Crippen LogP contribution in [0.2, 0.25) is 0 Å². The molecule has 8 aromatic carbocycles. The minimum Gasteiger partial charge on any atom is -0.744 e. The molecule has 0 aliphatic heterocycles. The minimum absolute atomic E-state index is 0. The molecule has 0 bridgehead atoms. The Kier molecular flexibility index (Phi) is 33.7. The second-order valence-corrected chi connectivity index (χ2v) is 31.9. The van der Waals surface area contributed by atoms with Crippen molar-refractivity contribution >= 4 is 72.6 Å². The third-order valence-corrected chi connectivity index (χ3v) is 21.3. The number of allylic oxidation sites excluding steroid dienone is 6. The normalized spacial score (nSPS) is 13.1. The summed E-state index contributed by atoms with van der Waals surface area (Å²) >= 11 is 0. The second-order valence-electron chi connectivity index (χ2n) is 25.3. The van der Waals surface area contributed by atoms with Crippen LogP contribution in [0.5, 0.6) is 0 Å². The zero-order valence-corrected chi connectivity index (χ0v) is 72.3. The van der Waals surface area contributed by atoms with Gasteiger partial charge in [0.15, 0.2) is 20.2 Å². The molecule has 0 spiro atoms. The molecule has 540 valence electrons. The van der Waals surface area contributed by atoms with Crippen molar-refractivity contribution < 1.29 is 171 Å². The molecule has 0 saturated heterocycles. The van der Waals surface area contributed by atoms with Gasteiger partial charge in [-0.15, -0.1) is 18.2 Å². The predicted molar refractivity (Wildman–Crippen MR) is 393 cm³/mol. The first-order chi connectivity index (χ1) is 47.8. The van der Waals surface area contributed by atoms with Gasteiger partial charge in [-0.3, -0.25) is 9.11 Å². The molecule has 0 amide bonds. The molecule has 0 saturated carbocycles. The van der Waals surface area contributed by atoms with Crippen molar-refractivity contribution in [3.8, 4) is 0 Å². The molecule has 28 heteroatoms. The van der Waals surface area contributed by atoms with Gasteiger partial charge in [-0.05, 0) is 214 Å². The summed E-state index contributed by atoms with van der Waals surface area (Å²) in [5, 5.41) is -0.742. The largest absolute Gasteiger partial charge is 1.00 e. The molecular weight excluding hydrogens is 1500 g/mol. The monoisotopic (exact) mass is 1580 g/mol. The van der Waals surface area contributed by atoms with E-state index in [1.165, 1.54) is 86.0 Å². The predicted octanol–water partition coefficient (Wildman–Crippen LogP) is 4.41. The van der Waals surface area contributed by atoms with Crippen LogP contribution in [0.15, 0.2) is 197 Å². The maximum atomic E-state index is 12.7. The maximum Gasteiger partial charge on any atom is 1.00 e. The van der Waals surface area contributed by atoms with E-state index in [2.05, 4.69) is 96.1 Å². The van der Waals surface area contributed by atoms with Crippen LogP contribution in [0, 0.1) is 99.7 Å². The molecule has 2 aliphatic carbocycles. The van der Waals surface area contributed by atoms with Gasteiger partial charge in [-0.2, -0.15) is 37.2 Å². The Labute approximate surface area is 691 Å². The smallest absolute Gasteiger partial charge is 0.744 e. The van der Waals surface area contributed by atoms with E-state index in [-0.39, 0.29) is 134 Å². The van der Waals surface area contributed by atoms with Gasteiger partial charge in [-0.1, -0.05) is 105 Å². The van der Waals surface area contributed by atoms with Crippen LogP contribution in [0.3, 0.4) is 0 Å². The SMILES string of the molecule is Cc1[c-]c(C)c(Cc2ccc(C(=C3C=CC=C[C+]3S(=O)(=O)[O-])c3ccc(Cc4c(C)cc(C)c(S(=O)(=O)[O-])c4C)cc3)cc2S(=O)(=O)[O-])c(C)c1.Cc1cc(C)c(Cc2ccc(C(=C3C=CC=C[C+]3S(=O)(=O)[O-])c3ccc(Cc4c(C)cc(C)cc4C)cc3)cc2)c(C)c1.O=S(=O)(O)O.O=S(=O)=O.[Na+].[Na+].[Na+]. The van der Waals surface area contributed by atoms with Crippen molar-refractivity contribution in [2.45, 2.75) is 119 Å². The zero-order chi connectivity index (χ0) is 76.6. The van der Waals surface area contributed by atoms with Crippen LogP contribution in [-0.2, 0) is 87.2 Å². The summed E-state index contributed by atoms with van der Waals surface area (Å²) in [5.74, 6) is 0. The van der Waals surface area contributed by atoms with Gasteiger partial charge >= 0.3 is 110 Å². The van der Waals surface area contributed by atoms with Crippen LogP contribution < -0.4 is 88.7 Å². The van der Waals surface area contributed by atoms with E-state index in [1.807, 2.05) is 58.0 Å². The molecule has 0 unspecified atom stereocenters. The van der Waals surface area contributed by atoms with Gasteiger partial charge in [0.05, 0.1) is 20.9 Å². The van der Waals surface area contributed by atoms with E-state index in [1.54, 1.807) is 74.5 Å². The van der Waals surface area contributed by atoms with Crippen molar-refractivity contribution in [1.29, 1.82) is 0 Å². The molecule has 0 aromatic heterocycles. The van der Waals surface area contributed by atoms with Gasteiger partial charge in [0, 0.05) is 70.9 Å². The zero-order valence-electron chi connectivity index (χ0n) is 61.4. The summed E-state index contributed by atoms with van der Waals surface area (Å²) in [6.07, 6.45) is 14.1. The molecule has 106 heavy (non-hydrogen) atoms. The van der Waals surface area contributed by atoms with Crippen molar-refractivity contribution in [3.05, 3.63) is 337 Å². The van der Waals surface area contributed by atoms with Crippen LogP contribution >= 0.6 is 0 Å². The quantitative estimate of drug-likeness (QED) is 0.0768. The number of hydrogen-bond acceptors (Lipinski definition) is 17. The first-order valence-corrected chi connectivity index (χ1v) is 39.7. The molecular formula is C78H75Na3O19S6. The second kappa shape index (κ2) is 38.6. The van der Waals surface area contributed by atoms with Crippen molar-refractivity contribution in [3.63, 3.8) is 0 Å². The molecule has 8 aromatic rings. The van der Waals surface area contributed by atoms with E-state index in [9.17, 15) is 51.9 Å². The van der Waals surface area contributed by atoms with Gasteiger partial charge in [-0.25, -0.2) is 33.7 Å². The first kappa shape index (κ1) is 92.5. The summed E-state index contributed by atoms with van der Waals surface area (Å²) in [4.78, 5) is -0.741. The van der Waals surface area contributed by atoms with Crippen LogP contribution in [0.25, 0.3) is 11.1 Å². The van der Waals surface area contributed by atoms with Crippen molar-refractivity contribution in [1.82, 2.24) is 0 Å². The van der Waals surface area contributed by atoms with Crippen molar-refractivity contribution in [2.75, 3.05) is 0 Å². The molecule has 0 fully saturated rings. The van der Waals surface area contributed by atoms with Gasteiger partial charge in [0.1, 0.15) is 41.9 Å². The Morgan fingerprint density at radius 1 is 0.406 bits per heavy atom. The summed E-state index contributed by atoms with van der Waals surface area (Å²) in [7, 11) is -27.2. The summed E-state index contributed by atoms with van der Waals surface area (Å²) in [6, 6.07) is 43.3. The van der Waals surface area contributed by atoms with Gasteiger partial charge < -0.3 is 18.2 Å². The standard InChI is InChI=1S/C39H38O9S3.C39H38O3S.3Na.H2O4S.O3S/c1-23-17-24(2)34(25(3)18-23)21-31-15-16-32(22-37(31)50(43,44)45)38(33-9-7-8-10-36(33)49(40,41)42)30-13-11-29(12-14-30)20-35-26(4)19-27(5)39(28(35)6)51(46,47)48;1-25-19-27(3)36(28(4)20-25)23-31-11-15-33(16-12-31)39(35-9-7-8-10-38(35)43(40,41)42)34-17-13-32(14-18-34)24-37-29(5)21-26(2)22-30(37)6;;;;1-5(2,3)4;1-4(2)3/h7-17,19,22H,20-21H2,1-6H3,(H,40,41,42)(H,43,44,45)(H,46,47,48);7-22H,23-24H2,1-6H3;;;;(H2,1,2,3,4);/q;;3*+1;;/p-3. The van der Waals surface area contributed by atoms with E-state index in [4.69, 9.17) is 30.1 Å². The van der Waals surface area contributed by atoms with Crippen molar-refractivity contribution in [2.24, 2.45) is 0 Å². The Hall–Kier alpha value is -5.93. The maximum absolute atomic E-state index is 12.7. The molecule has 0 atom stereocenters. The molecule has 19 nitrogen and oxygen atoms in total. The number of rotatable bonds is 16. The van der Waals surface area contributed by atoms with E-state index < -0.39 is 71.6 Å². The van der Waals surface area contributed by atoms with E-state index in [0.717, 1.165) is 69.0 Å². The molecule has 0 radical (unpaired) electrons. The number of aryl methyl sites for hydroxylation is 11. The van der Waals surface area contributed by atoms with Gasteiger partial charge in [0.25, 0.3) is 0 Å². The number of hydrogen-bond donors (Lipinski definition) is 2. The third kappa shape index (κ3) is 25.3. The fourth-order valence-corrected chi connectivity index (χ4v) is 16.3. The average Bonchev–Trinajstić information content (AvgIpc) is 0.783. The number of benzene rings is 8. The van der Waals surface area contributed by atoms with E-state index >= 15 is 0 Å². The summed E-state index contributed by atoms with van der Waals surface area (Å²) in [6.45, 7) is 23.5. The Morgan fingerprint density at radius 2 is 0.736 bits per heavy atom. The van der Waals surface area contributed by atoms with Crippen LogP contribution in [0.1, 0.15) is 134 Å². The summed E-state index contributed by atoms with van der Waals surface area (Å²) in [5.41, 5.74) is 22.9. The fourth-order valence-electron chi connectivity index (χ4n) is 13.2. The molecule has 2 N–H and O–H groups in total. The van der Waals surface area contributed by atoms with Gasteiger partial charge in [0.2, 0.25) is 0 Å². The first-order valence-electron chi connectivity index (χ1n) is 31.7. The molecule has 10 rings (SSSR count).